The van der Waals surface area contributed by atoms with Crippen LogP contribution in [0.15, 0.2) is 18.6 Å². The lowest BCUT2D eigenvalue weighted by molar-refractivity contribution is -0.163. The van der Waals surface area contributed by atoms with Crippen molar-refractivity contribution in [3.05, 3.63) is 24.3 Å². The fraction of sp³-hybridized carbons (Fsp3) is 0.571. The van der Waals surface area contributed by atoms with Crippen molar-refractivity contribution >= 4 is 21.8 Å². The molecule has 136 valence electrons. The van der Waals surface area contributed by atoms with Crippen LogP contribution < -0.4 is 10.6 Å². The number of hydrogen-bond donors (Lipinski definition) is 2. The first-order valence-corrected chi connectivity index (χ1v) is 9.58. The first kappa shape index (κ1) is 17.7. The highest BCUT2D eigenvalue weighted by Gasteiger charge is 2.59. The molecule has 3 rings (SSSR count). The standard InChI is InChI=1S/C14H19N5O5S/c1-25(22,23)19-8-11(14(9-19)13(21)17-4-5-24-14)12(20)18-7-10-6-15-2-3-16-10/h2-3,6,11H,4-5,7-9H2,1H3,(H,17,21)(H,18,20)/t11-,14-/m1/s1. The third-order valence-electron chi connectivity index (χ3n) is 4.34. The van der Waals surface area contributed by atoms with Crippen molar-refractivity contribution < 1.29 is 22.7 Å². The number of morpholine rings is 1. The Hall–Kier alpha value is -2.11. The zero-order chi connectivity index (χ0) is 18.1. The van der Waals surface area contributed by atoms with E-state index in [1.165, 1.54) is 18.6 Å². The molecule has 11 heteroatoms. The maximum atomic E-state index is 12.7. The van der Waals surface area contributed by atoms with Gasteiger partial charge in [-0.15, -0.1) is 0 Å². The Morgan fingerprint density at radius 3 is 2.96 bits per heavy atom. The average molecular weight is 369 g/mol. The number of hydrogen-bond acceptors (Lipinski definition) is 7. The van der Waals surface area contributed by atoms with E-state index in [4.69, 9.17) is 4.74 Å². The summed E-state index contributed by atoms with van der Waals surface area (Å²) in [7, 11) is -3.56. The molecule has 2 N–H and O–H groups in total. The van der Waals surface area contributed by atoms with E-state index in [-0.39, 0.29) is 26.2 Å². The molecule has 1 spiro atoms. The molecule has 1 aromatic rings. The second-order valence-corrected chi connectivity index (χ2v) is 8.00. The van der Waals surface area contributed by atoms with Crippen LogP contribution in [0.25, 0.3) is 0 Å². The lowest BCUT2D eigenvalue weighted by atomic mass is 9.88. The molecule has 2 aliphatic rings. The van der Waals surface area contributed by atoms with Crippen molar-refractivity contribution in [3.63, 3.8) is 0 Å². The predicted molar refractivity (Wildman–Crippen MR) is 85.5 cm³/mol. The van der Waals surface area contributed by atoms with Gasteiger partial charge in [0, 0.05) is 25.5 Å². The second-order valence-electron chi connectivity index (χ2n) is 6.02. The van der Waals surface area contributed by atoms with Crippen LogP contribution in [-0.4, -0.2) is 72.6 Å². The maximum absolute atomic E-state index is 12.7. The van der Waals surface area contributed by atoms with Crippen LogP contribution in [0.3, 0.4) is 0 Å². The smallest absolute Gasteiger partial charge is 0.254 e. The number of amides is 2. The Kier molecular flexibility index (Phi) is 4.71. The molecule has 10 nitrogen and oxygen atoms in total. The van der Waals surface area contributed by atoms with Crippen LogP contribution in [0.4, 0.5) is 0 Å². The van der Waals surface area contributed by atoms with Crippen molar-refractivity contribution in [2.75, 3.05) is 32.5 Å². The number of aromatic nitrogens is 2. The largest absolute Gasteiger partial charge is 0.361 e. The zero-order valence-corrected chi connectivity index (χ0v) is 14.5. The lowest BCUT2D eigenvalue weighted by Gasteiger charge is -2.36. The molecule has 2 amide bonds. The normalized spacial score (nSPS) is 27.2. The molecule has 0 aromatic carbocycles. The summed E-state index contributed by atoms with van der Waals surface area (Å²) in [6, 6.07) is 0. The van der Waals surface area contributed by atoms with Gasteiger partial charge in [-0.3, -0.25) is 19.6 Å². The predicted octanol–water partition coefficient (Wildman–Crippen LogP) is -2.13. The van der Waals surface area contributed by atoms with Gasteiger partial charge >= 0.3 is 0 Å². The van der Waals surface area contributed by atoms with Crippen molar-refractivity contribution in [2.24, 2.45) is 5.92 Å². The molecule has 25 heavy (non-hydrogen) atoms. The summed E-state index contributed by atoms with van der Waals surface area (Å²) < 4.78 is 30.5. The molecule has 0 unspecified atom stereocenters. The number of rotatable bonds is 4. The summed E-state index contributed by atoms with van der Waals surface area (Å²) in [4.78, 5) is 33.1. The molecule has 3 heterocycles. The summed E-state index contributed by atoms with van der Waals surface area (Å²) in [5.74, 6) is -1.88. The number of ether oxygens (including phenoxy) is 1. The first-order chi connectivity index (χ1) is 11.8. The van der Waals surface area contributed by atoms with Crippen LogP contribution >= 0.6 is 0 Å². The van der Waals surface area contributed by atoms with Gasteiger partial charge in [0.05, 0.1) is 43.8 Å². The molecule has 2 atom stereocenters. The van der Waals surface area contributed by atoms with E-state index in [9.17, 15) is 18.0 Å². The minimum Gasteiger partial charge on any atom is -0.361 e. The van der Waals surface area contributed by atoms with Gasteiger partial charge < -0.3 is 15.4 Å². The number of carbonyl (C=O) groups is 2. The van der Waals surface area contributed by atoms with E-state index in [0.717, 1.165) is 10.6 Å². The van der Waals surface area contributed by atoms with Crippen LogP contribution in [0, 0.1) is 5.92 Å². The number of nitrogens with one attached hydrogen (secondary N) is 2. The number of nitrogens with zero attached hydrogens (tertiary/aromatic N) is 3. The van der Waals surface area contributed by atoms with E-state index < -0.39 is 33.4 Å². The van der Waals surface area contributed by atoms with Crippen molar-refractivity contribution in [2.45, 2.75) is 12.1 Å². The fourth-order valence-electron chi connectivity index (χ4n) is 3.05. The second kappa shape index (κ2) is 6.65. The van der Waals surface area contributed by atoms with Gasteiger partial charge in [-0.2, -0.15) is 4.31 Å². The van der Waals surface area contributed by atoms with Gasteiger partial charge in [-0.05, 0) is 0 Å². The molecule has 2 saturated heterocycles. The highest BCUT2D eigenvalue weighted by molar-refractivity contribution is 7.88. The van der Waals surface area contributed by atoms with Gasteiger partial charge in [0.1, 0.15) is 0 Å². The Balaban J connectivity index is 1.80. The van der Waals surface area contributed by atoms with Crippen molar-refractivity contribution in [1.82, 2.24) is 24.9 Å². The average Bonchev–Trinajstić information content (AvgIpc) is 2.97. The molecule has 2 aliphatic heterocycles. The zero-order valence-electron chi connectivity index (χ0n) is 13.6. The highest BCUT2D eigenvalue weighted by Crippen LogP contribution is 2.34. The van der Waals surface area contributed by atoms with Gasteiger partial charge in [0.2, 0.25) is 15.9 Å². The fourth-order valence-corrected chi connectivity index (χ4v) is 3.89. The minimum absolute atomic E-state index is 0.113. The van der Waals surface area contributed by atoms with Crippen LogP contribution in [0.5, 0.6) is 0 Å². The minimum atomic E-state index is -3.56. The van der Waals surface area contributed by atoms with Gasteiger partial charge in [-0.1, -0.05) is 0 Å². The van der Waals surface area contributed by atoms with Crippen LogP contribution in [-0.2, 0) is 30.9 Å². The summed E-state index contributed by atoms with van der Waals surface area (Å²) in [6.07, 6.45) is 5.57. The Bertz CT molecular complexity index is 771. The SMILES string of the molecule is CS(=O)(=O)N1C[C@H](C(=O)NCc2cnccn2)[C@@]2(C1)OCCNC2=O. The van der Waals surface area contributed by atoms with E-state index in [0.29, 0.717) is 12.2 Å². The molecule has 0 radical (unpaired) electrons. The molecule has 0 aliphatic carbocycles. The van der Waals surface area contributed by atoms with Crippen LogP contribution in [0.1, 0.15) is 5.69 Å². The molecular weight excluding hydrogens is 350 g/mol. The Morgan fingerprint density at radius 1 is 1.52 bits per heavy atom. The van der Waals surface area contributed by atoms with E-state index in [2.05, 4.69) is 20.6 Å². The third-order valence-corrected chi connectivity index (χ3v) is 5.55. The summed E-state index contributed by atoms with van der Waals surface area (Å²) in [6.45, 7) is 0.379. The molecule has 2 fully saturated rings. The van der Waals surface area contributed by atoms with E-state index in [1.807, 2.05) is 0 Å². The maximum Gasteiger partial charge on any atom is 0.254 e. The molecule has 0 saturated carbocycles. The summed E-state index contributed by atoms with van der Waals surface area (Å²) >= 11 is 0. The topological polar surface area (TPSA) is 131 Å². The third kappa shape index (κ3) is 3.48. The number of carbonyl (C=O) groups excluding carboxylic acids is 2. The van der Waals surface area contributed by atoms with Gasteiger partial charge in [-0.25, -0.2) is 8.42 Å². The summed E-state index contributed by atoms with van der Waals surface area (Å²) in [5.41, 5.74) is -0.954. The molecular formula is C14H19N5O5S. The Morgan fingerprint density at radius 2 is 2.32 bits per heavy atom. The molecule has 1 aromatic heterocycles. The van der Waals surface area contributed by atoms with Gasteiger partial charge in [0.15, 0.2) is 5.60 Å². The van der Waals surface area contributed by atoms with Crippen molar-refractivity contribution in [3.8, 4) is 0 Å². The van der Waals surface area contributed by atoms with Crippen LogP contribution in [0.2, 0.25) is 0 Å². The first-order valence-electron chi connectivity index (χ1n) is 7.73. The van der Waals surface area contributed by atoms with E-state index in [1.54, 1.807) is 0 Å². The quantitative estimate of drug-likeness (QED) is 0.620. The van der Waals surface area contributed by atoms with Crippen molar-refractivity contribution in [1.29, 1.82) is 0 Å². The molecule has 0 bridgehead atoms. The Labute approximate surface area is 145 Å². The van der Waals surface area contributed by atoms with Gasteiger partial charge in [0.25, 0.3) is 5.91 Å². The lowest BCUT2D eigenvalue weighted by Crippen LogP contribution is -2.62. The monoisotopic (exact) mass is 369 g/mol. The number of sulfonamides is 1. The highest BCUT2D eigenvalue weighted by atomic mass is 32.2. The summed E-state index contributed by atoms with van der Waals surface area (Å²) in [5, 5.41) is 5.34. The van der Waals surface area contributed by atoms with E-state index >= 15 is 0 Å².